The van der Waals surface area contributed by atoms with E-state index in [-0.39, 0.29) is 0 Å². The van der Waals surface area contributed by atoms with Crippen molar-refractivity contribution in [2.45, 2.75) is 33.1 Å². The first-order valence-corrected chi connectivity index (χ1v) is 6.63. The van der Waals surface area contributed by atoms with E-state index in [1.807, 2.05) is 13.8 Å². The molecule has 3 N–H and O–H groups in total. The molecule has 98 valence electrons. The van der Waals surface area contributed by atoms with E-state index in [2.05, 4.69) is 33.5 Å². The van der Waals surface area contributed by atoms with Gasteiger partial charge in [-0.25, -0.2) is 9.97 Å². The summed E-state index contributed by atoms with van der Waals surface area (Å²) in [5, 5.41) is 3.35. The van der Waals surface area contributed by atoms with Crippen LogP contribution in [0.15, 0.2) is 18.2 Å². The number of nitrogens with zero attached hydrogens (tertiary/aromatic N) is 2. The van der Waals surface area contributed by atoms with E-state index in [0.29, 0.717) is 11.6 Å². The van der Waals surface area contributed by atoms with E-state index in [4.69, 9.17) is 5.73 Å². The molecule has 1 aliphatic carbocycles. The van der Waals surface area contributed by atoms with Crippen LogP contribution in [0.4, 0.5) is 17.3 Å². The smallest absolute Gasteiger partial charge is 0.139 e. The normalized spacial score (nSPS) is 13.4. The Morgan fingerprint density at radius 3 is 2.74 bits per heavy atom. The minimum absolute atomic E-state index is 0.538. The van der Waals surface area contributed by atoms with Crippen molar-refractivity contribution in [2.75, 3.05) is 11.1 Å². The molecule has 0 amide bonds. The van der Waals surface area contributed by atoms with Gasteiger partial charge in [0, 0.05) is 11.3 Å². The van der Waals surface area contributed by atoms with Crippen LogP contribution in [0.2, 0.25) is 0 Å². The Balaban J connectivity index is 1.93. The predicted octanol–water partition coefficient (Wildman–Crippen LogP) is 2.91. The molecule has 0 atom stereocenters. The van der Waals surface area contributed by atoms with E-state index in [1.165, 1.54) is 30.4 Å². The van der Waals surface area contributed by atoms with E-state index in [1.54, 1.807) is 0 Å². The van der Waals surface area contributed by atoms with E-state index >= 15 is 0 Å². The highest BCUT2D eigenvalue weighted by Gasteiger charge is 2.12. The molecule has 3 rings (SSSR count). The fourth-order valence-corrected chi connectivity index (χ4v) is 2.56. The molecule has 4 nitrogen and oxygen atoms in total. The van der Waals surface area contributed by atoms with Crippen molar-refractivity contribution in [3.05, 3.63) is 40.7 Å². The molecule has 0 saturated heterocycles. The van der Waals surface area contributed by atoms with Gasteiger partial charge in [0.1, 0.15) is 17.5 Å². The summed E-state index contributed by atoms with van der Waals surface area (Å²) >= 11 is 0. The van der Waals surface area contributed by atoms with Crippen LogP contribution in [-0.2, 0) is 12.8 Å². The van der Waals surface area contributed by atoms with Gasteiger partial charge in [0.05, 0.1) is 0 Å². The Labute approximate surface area is 113 Å². The third-order valence-electron chi connectivity index (χ3n) is 3.66. The first kappa shape index (κ1) is 12.0. The molecule has 19 heavy (non-hydrogen) atoms. The second-order valence-corrected chi connectivity index (χ2v) is 5.09. The minimum atomic E-state index is 0.538. The zero-order valence-electron chi connectivity index (χ0n) is 11.3. The topological polar surface area (TPSA) is 63.8 Å². The van der Waals surface area contributed by atoms with Crippen molar-refractivity contribution >= 4 is 17.3 Å². The second kappa shape index (κ2) is 4.53. The number of anilines is 3. The van der Waals surface area contributed by atoms with Crippen LogP contribution in [0.25, 0.3) is 0 Å². The van der Waals surface area contributed by atoms with Gasteiger partial charge in [0.25, 0.3) is 0 Å². The summed E-state index contributed by atoms with van der Waals surface area (Å²) in [6.45, 7) is 3.79. The van der Waals surface area contributed by atoms with Crippen molar-refractivity contribution in [1.29, 1.82) is 0 Å². The first-order valence-electron chi connectivity index (χ1n) is 6.63. The van der Waals surface area contributed by atoms with Gasteiger partial charge < -0.3 is 11.1 Å². The quantitative estimate of drug-likeness (QED) is 0.865. The highest BCUT2D eigenvalue weighted by molar-refractivity contribution is 5.64. The van der Waals surface area contributed by atoms with Gasteiger partial charge in [-0.2, -0.15) is 0 Å². The summed E-state index contributed by atoms with van der Waals surface area (Å²) in [5.41, 5.74) is 10.8. The molecule has 0 unspecified atom stereocenters. The van der Waals surface area contributed by atoms with Crippen LogP contribution in [0.3, 0.4) is 0 Å². The summed E-state index contributed by atoms with van der Waals surface area (Å²) in [4.78, 5) is 8.58. The minimum Gasteiger partial charge on any atom is -0.383 e. The Kier molecular flexibility index (Phi) is 2.85. The highest BCUT2D eigenvalue weighted by atomic mass is 15.1. The number of rotatable bonds is 2. The van der Waals surface area contributed by atoms with Crippen LogP contribution < -0.4 is 11.1 Å². The lowest BCUT2D eigenvalue weighted by molar-refractivity contribution is 0.912. The van der Waals surface area contributed by atoms with Gasteiger partial charge in [-0.05, 0) is 56.4 Å². The van der Waals surface area contributed by atoms with Crippen molar-refractivity contribution in [2.24, 2.45) is 0 Å². The zero-order valence-corrected chi connectivity index (χ0v) is 11.3. The molecule has 0 radical (unpaired) electrons. The van der Waals surface area contributed by atoms with Crippen LogP contribution in [0.5, 0.6) is 0 Å². The molecule has 0 fully saturated rings. The number of nitrogens with one attached hydrogen (secondary N) is 1. The Hall–Kier alpha value is -2.10. The van der Waals surface area contributed by atoms with Crippen molar-refractivity contribution in [3.8, 4) is 0 Å². The lowest BCUT2D eigenvalue weighted by atomic mass is 10.1. The van der Waals surface area contributed by atoms with E-state index in [0.717, 1.165) is 17.1 Å². The maximum absolute atomic E-state index is 5.87. The monoisotopic (exact) mass is 254 g/mol. The van der Waals surface area contributed by atoms with Gasteiger partial charge in [-0.1, -0.05) is 6.07 Å². The number of benzene rings is 1. The van der Waals surface area contributed by atoms with Gasteiger partial charge in [0.2, 0.25) is 0 Å². The molecular weight excluding hydrogens is 236 g/mol. The number of nitrogen functional groups attached to an aromatic ring is 1. The molecule has 1 heterocycles. The molecule has 0 bridgehead atoms. The van der Waals surface area contributed by atoms with Gasteiger partial charge >= 0.3 is 0 Å². The lowest BCUT2D eigenvalue weighted by Gasteiger charge is -2.12. The summed E-state index contributed by atoms with van der Waals surface area (Å²) in [7, 11) is 0. The van der Waals surface area contributed by atoms with E-state index < -0.39 is 0 Å². The number of hydrogen-bond acceptors (Lipinski definition) is 4. The van der Waals surface area contributed by atoms with Crippen molar-refractivity contribution in [1.82, 2.24) is 9.97 Å². The molecule has 0 saturated carbocycles. The summed E-state index contributed by atoms with van der Waals surface area (Å²) in [6.07, 6.45) is 3.64. The van der Waals surface area contributed by atoms with Gasteiger partial charge in [-0.15, -0.1) is 0 Å². The number of fused-ring (bicyclic) bond motifs is 1. The third-order valence-corrected chi connectivity index (χ3v) is 3.66. The predicted molar refractivity (Wildman–Crippen MR) is 77.7 cm³/mol. The molecule has 1 aliphatic rings. The summed E-state index contributed by atoms with van der Waals surface area (Å²) < 4.78 is 0. The Morgan fingerprint density at radius 1 is 1.11 bits per heavy atom. The van der Waals surface area contributed by atoms with Gasteiger partial charge in [0.15, 0.2) is 0 Å². The van der Waals surface area contributed by atoms with E-state index in [9.17, 15) is 0 Å². The second-order valence-electron chi connectivity index (χ2n) is 5.09. The summed E-state index contributed by atoms with van der Waals surface area (Å²) in [6, 6.07) is 6.53. The molecule has 0 aliphatic heterocycles. The first-order chi connectivity index (χ1) is 9.13. The third kappa shape index (κ3) is 2.26. The zero-order chi connectivity index (χ0) is 13.4. The maximum atomic E-state index is 5.87. The molecule has 4 heteroatoms. The number of aromatic nitrogens is 2. The lowest BCUT2D eigenvalue weighted by Crippen LogP contribution is -2.05. The van der Waals surface area contributed by atoms with Crippen LogP contribution in [0, 0.1) is 13.8 Å². The standard InChI is InChI=1S/C15H18N4/c1-9-14(16)17-10(2)18-15(9)19-13-7-6-11-4-3-5-12(11)8-13/h6-8H,3-5H2,1-2H3,(H3,16,17,18,19). The Bertz CT molecular complexity index is 634. The van der Waals surface area contributed by atoms with Crippen LogP contribution in [-0.4, -0.2) is 9.97 Å². The fourth-order valence-electron chi connectivity index (χ4n) is 2.56. The van der Waals surface area contributed by atoms with Gasteiger partial charge in [-0.3, -0.25) is 0 Å². The average molecular weight is 254 g/mol. The fraction of sp³-hybridized carbons (Fsp3) is 0.333. The average Bonchev–Trinajstić information content (AvgIpc) is 2.82. The highest BCUT2D eigenvalue weighted by Crippen LogP contribution is 2.27. The summed E-state index contributed by atoms with van der Waals surface area (Å²) in [5.74, 6) is 2.02. The molecule has 0 spiro atoms. The number of aryl methyl sites for hydroxylation is 3. The van der Waals surface area contributed by atoms with Crippen molar-refractivity contribution < 1.29 is 0 Å². The van der Waals surface area contributed by atoms with Crippen molar-refractivity contribution in [3.63, 3.8) is 0 Å². The molecule has 1 aromatic carbocycles. The maximum Gasteiger partial charge on any atom is 0.139 e. The molecule has 1 aromatic heterocycles. The molecule has 2 aromatic rings. The van der Waals surface area contributed by atoms with Crippen LogP contribution in [0.1, 0.15) is 28.9 Å². The van der Waals surface area contributed by atoms with Crippen LogP contribution >= 0.6 is 0 Å². The number of hydrogen-bond donors (Lipinski definition) is 2. The number of nitrogens with two attached hydrogens (primary N) is 1. The Morgan fingerprint density at radius 2 is 1.89 bits per heavy atom. The molecular formula is C15H18N4. The SMILES string of the molecule is Cc1nc(N)c(C)c(Nc2ccc3c(c2)CCC3)n1. The largest absolute Gasteiger partial charge is 0.383 e.